The van der Waals surface area contributed by atoms with Crippen LogP contribution in [-0.4, -0.2) is 23.5 Å². The number of hydrogen-bond acceptors (Lipinski definition) is 2. The predicted molar refractivity (Wildman–Crippen MR) is 88.7 cm³/mol. The summed E-state index contributed by atoms with van der Waals surface area (Å²) in [5, 5.41) is 9.37. The summed E-state index contributed by atoms with van der Waals surface area (Å²) in [6.07, 6.45) is 1.25. The van der Waals surface area contributed by atoms with Crippen LogP contribution in [0.1, 0.15) is 29.5 Å². The number of anilines is 1. The Labute approximate surface area is 135 Å². The Morgan fingerprint density at radius 2 is 1.74 bits per heavy atom. The lowest BCUT2D eigenvalue weighted by molar-refractivity contribution is -0.138. The number of carboxylic acids is 1. The van der Waals surface area contributed by atoms with Crippen molar-refractivity contribution in [2.24, 2.45) is 0 Å². The lowest BCUT2D eigenvalue weighted by atomic mass is 10.0. The molecule has 0 saturated heterocycles. The van der Waals surface area contributed by atoms with Gasteiger partial charge in [0.2, 0.25) is 5.91 Å². The number of aryl methyl sites for hydroxylation is 1. The van der Waals surface area contributed by atoms with E-state index in [9.17, 15) is 14.7 Å². The number of benzene rings is 2. The van der Waals surface area contributed by atoms with Crippen molar-refractivity contribution in [1.82, 2.24) is 0 Å². The molecule has 2 aromatic rings. The van der Waals surface area contributed by atoms with E-state index in [0.29, 0.717) is 0 Å². The molecule has 3 rings (SSSR count). The Balaban J connectivity index is 1.81. The van der Waals surface area contributed by atoms with Crippen molar-refractivity contribution in [3.8, 4) is 0 Å². The third-order valence-corrected chi connectivity index (χ3v) is 4.35. The third kappa shape index (κ3) is 2.97. The average molecular weight is 309 g/mol. The second-order valence-corrected chi connectivity index (χ2v) is 5.80. The average Bonchev–Trinajstić information content (AvgIpc) is 2.95. The van der Waals surface area contributed by atoms with Gasteiger partial charge in [0, 0.05) is 12.2 Å². The molecule has 0 fully saturated rings. The van der Waals surface area contributed by atoms with Crippen LogP contribution in [0.2, 0.25) is 0 Å². The zero-order valence-electron chi connectivity index (χ0n) is 13.0. The monoisotopic (exact) mass is 309 g/mol. The summed E-state index contributed by atoms with van der Waals surface area (Å²) < 4.78 is 0. The summed E-state index contributed by atoms with van der Waals surface area (Å²) in [4.78, 5) is 25.7. The normalized spacial score (nSPS) is 16.2. The topological polar surface area (TPSA) is 57.6 Å². The van der Waals surface area contributed by atoms with Gasteiger partial charge in [-0.3, -0.25) is 9.59 Å². The van der Waals surface area contributed by atoms with Crippen molar-refractivity contribution in [2.75, 3.05) is 11.4 Å². The third-order valence-electron chi connectivity index (χ3n) is 4.35. The van der Waals surface area contributed by atoms with Crippen molar-refractivity contribution < 1.29 is 14.7 Å². The molecule has 118 valence electrons. The first kappa shape index (κ1) is 15.3. The maximum absolute atomic E-state index is 12.6. The van der Waals surface area contributed by atoms with Crippen LogP contribution in [0.4, 0.5) is 5.69 Å². The van der Waals surface area contributed by atoms with Crippen LogP contribution in [0.3, 0.4) is 0 Å². The SMILES string of the molecule is CCc1ccc(CC(=O)N2CC(C(=O)O)c3ccccc32)cc1. The maximum atomic E-state index is 12.6. The molecule has 4 heteroatoms. The molecular weight excluding hydrogens is 290 g/mol. The summed E-state index contributed by atoms with van der Waals surface area (Å²) in [6.45, 7) is 2.30. The Morgan fingerprint density at radius 3 is 2.39 bits per heavy atom. The van der Waals surface area contributed by atoms with Crippen molar-refractivity contribution in [2.45, 2.75) is 25.7 Å². The fourth-order valence-electron chi connectivity index (χ4n) is 3.02. The Kier molecular flexibility index (Phi) is 4.15. The summed E-state index contributed by atoms with van der Waals surface area (Å²) in [5.74, 6) is -1.59. The number of rotatable bonds is 4. The van der Waals surface area contributed by atoms with Gasteiger partial charge in [-0.25, -0.2) is 0 Å². The highest BCUT2D eigenvalue weighted by Crippen LogP contribution is 2.36. The largest absolute Gasteiger partial charge is 0.481 e. The van der Waals surface area contributed by atoms with Gasteiger partial charge >= 0.3 is 5.97 Å². The molecule has 0 spiro atoms. The number of carbonyl (C=O) groups excluding carboxylic acids is 1. The number of carboxylic acid groups (broad SMARTS) is 1. The first-order valence-electron chi connectivity index (χ1n) is 7.80. The lowest BCUT2D eigenvalue weighted by Crippen LogP contribution is -2.32. The van der Waals surface area contributed by atoms with E-state index in [0.717, 1.165) is 23.2 Å². The van der Waals surface area contributed by atoms with Gasteiger partial charge in [-0.15, -0.1) is 0 Å². The van der Waals surface area contributed by atoms with Gasteiger partial charge in [-0.1, -0.05) is 49.4 Å². The van der Waals surface area contributed by atoms with E-state index < -0.39 is 11.9 Å². The Morgan fingerprint density at radius 1 is 1.09 bits per heavy atom. The molecule has 4 nitrogen and oxygen atoms in total. The number of hydrogen-bond donors (Lipinski definition) is 1. The van der Waals surface area contributed by atoms with Gasteiger partial charge in [0.05, 0.1) is 6.42 Å². The smallest absolute Gasteiger partial charge is 0.312 e. The van der Waals surface area contributed by atoms with E-state index in [1.54, 1.807) is 11.0 Å². The first-order chi connectivity index (χ1) is 11.1. The quantitative estimate of drug-likeness (QED) is 0.944. The van der Waals surface area contributed by atoms with Crippen LogP contribution >= 0.6 is 0 Å². The summed E-state index contributed by atoms with van der Waals surface area (Å²) in [5.41, 5.74) is 3.62. The predicted octanol–water partition coefficient (Wildman–Crippen LogP) is 3.01. The molecule has 0 radical (unpaired) electrons. The standard InChI is InChI=1S/C19H19NO3/c1-2-13-7-9-14(10-8-13)11-18(21)20-12-16(19(22)23)15-5-3-4-6-17(15)20/h3-10,16H,2,11-12H2,1H3,(H,22,23). The van der Waals surface area contributed by atoms with Gasteiger partial charge in [-0.2, -0.15) is 0 Å². The highest BCUT2D eigenvalue weighted by molar-refractivity contribution is 5.99. The summed E-state index contributed by atoms with van der Waals surface area (Å²) in [6, 6.07) is 15.2. The number of nitrogens with zero attached hydrogens (tertiary/aromatic N) is 1. The minimum Gasteiger partial charge on any atom is -0.481 e. The number of para-hydroxylation sites is 1. The van der Waals surface area contributed by atoms with Crippen LogP contribution in [0.15, 0.2) is 48.5 Å². The summed E-state index contributed by atoms with van der Waals surface area (Å²) in [7, 11) is 0. The number of carbonyl (C=O) groups is 2. The second-order valence-electron chi connectivity index (χ2n) is 5.80. The van der Waals surface area contributed by atoms with E-state index in [4.69, 9.17) is 0 Å². The van der Waals surface area contributed by atoms with Gasteiger partial charge in [0.15, 0.2) is 0 Å². The Hall–Kier alpha value is -2.62. The lowest BCUT2D eigenvalue weighted by Gasteiger charge is -2.17. The molecule has 1 heterocycles. The van der Waals surface area contributed by atoms with Gasteiger partial charge in [0.25, 0.3) is 0 Å². The molecule has 2 aromatic carbocycles. The van der Waals surface area contributed by atoms with Crippen molar-refractivity contribution in [3.05, 3.63) is 65.2 Å². The molecule has 1 aliphatic rings. The zero-order chi connectivity index (χ0) is 16.4. The van der Waals surface area contributed by atoms with Crippen molar-refractivity contribution >= 4 is 17.6 Å². The highest BCUT2D eigenvalue weighted by Gasteiger charge is 2.36. The molecule has 1 amide bonds. The number of fused-ring (bicyclic) bond motifs is 1. The van der Waals surface area contributed by atoms with Crippen LogP contribution < -0.4 is 4.90 Å². The number of aliphatic carboxylic acids is 1. The molecular formula is C19H19NO3. The van der Waals surface area contributed by atoms with Crippen LogP contribution in [0, 0.1) is 0 Å². The molecule has 0 saturated carbocycles. The molecule has 23 heavy (non-hydrogen) atoms. The Bertz CT molecular complexity index is 737. The molecule has 1 atom stereocenters. The zero-order valence-corrected chi connectivity index (χ0v) is 13.0. The van der Waals surface area contributed by atoms with E-state index >= 15 is 0 Å². The van der Waals surface area contributed by atoms with Crippen molar-refractivity contribution in [3.63, 3.8) is 0 Å². The molecule has 0 aromatic heterocycles. The fraction of sp³-hybridized carbons (Fsp3) is 0.263. The number of amides is 1. The van der Waals surface area contributed by atoms with E-state index in [1.807, 2.05) is 42.5 Å². The van der Waals surface area contributed by atoms with E-state index in [-0.39, 0.29) is 18.9 Å². The molecule has 1 aliphatic heterocycles. The second kappa shape index (κ2) is 6.24. The van der Waals surface area contributed by atoms with Gasteiger partial charge < -0.3 is 10.0 Å². The fourth-order valence-corrected chi connectivity index (χ4v) is 3.02. The maximum Gasteiger partial charge on any atom is 0.312 e. The van der Waals surface area contributed by atoms with E-state index in [2.05, 4.69) is 6.92 Å². The van der Waals surface area contributed by atoms with Crippen molar-refractivity contribution in [1.29, 1.82) is 0 Å². The minimum absolute atomic E-state index is 0.0644. The summed E-state index contributed by atoms with van der Waals surface area (Å²) >= 11 is 0. The van der Waals surface area contributed by atoms with Gasteiger partial charge in [0.1, 0.15) is 5.92 Å². The molecule has 1 N–H and O–H groups in total. The highest BCUT2D eigenvalue weighted by atomic mass is 16.4. The first-order valence-corrected chi connectivity index (χ1v) is 7.80. The molecule has 1 unspecified atom stereocenters. The molecule has 0 aliphatic carbocycles. The minimum atomic E-state index is -0.889. The van der Waals surface area contributed by atoms with Crippen LogP contribution in [0.25, 0.3) is 0 Å². The molecule has 0 bridgehead atoms. The van der Waals surface area contributed by atoms with Crippen LogP contribution in [0.5, 0.6) is 0 Å². The van der Waals surface area contributed by atoms with E-state index in [1.165, 1.54) is 5.56 Å². The van der Waals surface area contributed by atoms with Gasteiger partial charge in [-0.05, 0) is 29.2 Å². The van der Waals surface area contributed by atoms with Crippen LogP contribution in [-0.2, 0) is 22.4 Å².